The number of hydrogen-bond donors (Lipinski definition) is 1. The van der Waals surface area contributed by atoms with Gasteiger partial charge >= 0.3 is 0 Å². The maximum Gasteiger partial charge on any atom is 0.255 e. The highest BCUT2D eigenvalue weighted by molar-refractivity contribution is 6.33. The molecule has 2 nitrogen and oxygen atoms in total. The molecule has 0 unspecified atom stereocenters. The van der Waals surface area contributed by atoms with Crippen LogP contribution in [0.1, 0.15) is 15.9 Å². The number of hydrogen-bond acceptors (Lipinski definition) is 1. The molecular weight excluding hydrogens is 300 g/mol. The second-order valence-corrected chi connectivity index (χ2v) is 5.08. The molecule has 2 rings (SSSR count). The molecule has 0 spiro atoms. The lowest BCUT2D eigenvalue weighted by Gasteiger charge is -2.08. The van der Waals surface area contributed by atoms with Crippen molar-refractivity contribution in [2.75, 3.05) is 6.54 Å². The van der Waals surface area contributed by atoms with Crippen LogP contribution in [0.3, 0.4) is 0 Å². The maximum atomic E-state index is 13.5. The van der Waals surface area contributed by atoms with Gasteiger partial charge in [0.25, 0.3) is 5.91 Å². The zero-order valence-electron chi connectivity index (χ0n) is 10.5. The second kappa shape index (κ2) is 6.73. The summed E-state index contributed by atoms with van der Waals surface area (Å²) < 4.78 is 13.5. The van der Waals surface area contributed by atoms with Gasteiger partial charge in [-0.25, -0.2) is 4.39 Å². The summed E-state index contributed by atoms with van der Waals surface area (Å²) in [5.74, 6) is -1.15. The molecule has 0 heterocycles. The van der Waals surface area contributed by atoms with Crippen LogP contribution in [0.15, 0.2) is 42.5 Å². The number of amides is 1. The molecule has 0 bridgehead atoms. The monoisotopic (exact) mass is 311 g/mol. The molecule has 1 amide bonds. The van der Waals surface area contributed by atoms with Crippen LogP contribution in [-0.2, 0) is 6.42 Å². The SMILES string of the molecule is O=C(NCCc1cccc(Cl)c1)c1c(F)cccc1Cl. The summed E-state index contributed by atoms with van der Waals surface area (Å²) in [6.07, 6.45) is 0.609. The zero-order chi connectivity index (χ0) is 14.5. The first-order valence-corrected chi connectivity index (χ1v) is 6.80. The molecule has 0 aliphatic carbocycles. The number of carbonyl (C=O) groups excluding carboxylic acids is 1. The first kappa shape index (κ1) is 14.8. The molecule has 0 saturated carbocycles. The van der Waals surface area contributed by atoms with Gasteiger partial charge in [-0.05, 0) is 36.2 Å². The molecule has 0 radical (unpaired) electrons. The summed E-state index contributed by atoms with van der Waals surface area (Å²) in [7, 11) is 0. The van der Waals surface area contributed by atoms with Gasteiger partial charge in [-0.15, -0.1) is 0 Å². The van der Waals surface area contributed by atoms with Crippen LogP contribution in [0.2, 0.25) is 10.0 Å². The molecule has 0 atom stereocenters. The number of rotatable bonds is 4. The summed E-state index contributed by atoms with van der Waals surface area (Å²) in [4.78, 5) is 11.9. The molecule has 0 fully saturated rings. The van der Waals surface area contributed by atoms with Gasteiger partial charge in [0, 0.05) is 11.6 Å². The molecule has 104 valence electrons. The van der Waals surface area contributed by atoms with Gasteiger partial charge in [0.15, 0.2) is 0 Å². The van der Waals surface area contributed by atoms with Crippen LogP contribution >= 0.6 is 23.2 Å². The highest BCUT2D eigenvalue weighted by atomic mass is 35.5. The van der Waals surface area contributed by atoms with Crippen molar-refractivity contribution in [3.63, 3.8) is 0 Å². The predicted octanol–water partition coefficient (Wildman–Crippen LogP) is 4.11. The Hall–Kier alpha value is -1.58. The molecule has 0 saturated heterocycles. The third kappa shape index (κ3) is 3.71. The lowest BCUT2D eigenvalue weighted by atomic mass is 10.1. The van der Waals surface area contributed by atoms with E-state index in [0.717, 1.165) is 5.56 Å². The van der Waals surface area contributed by atoms with E-state index in [1.165, 1.54) is 18.2 Å². The fourth-order valence-corrected chi connectivity index (χ4v) is 2.28. The smallest absolute Gasteiger partial charge is 0.255 e. The Kier molecular flexibility index (Phi) is 4.99. The van der Waals surface area contributed by atoms with Gasteiger partial charge in [0.2, 0.25) is 0 Å². The molecular formula is C15H12Cl2FNO. The van der Waals surface area contributed by atoms with Gasteiger partial charge in [-0.3, -0.25) is 4.79 Å². The van der Waals surface area contributed by atoms with Crippen LogP contribution in [-0.4, -0.2) is 12.5 Å². The summed E-state index contributed by atoms with van der Waals surface area (Å²) in [5, 5.41) is 3.39. The molecule has 0 aliphatic heterocycles. The van der Waals surface area contributed by atoms with E-state index in [4.69, 9.17) is 23.2 Å². The molecule has 5 heteroatoms. The minimum atomic E-state index is -0.627. The van der Waals surface area contributed by atoms with E-state index in [1.54, 1.807) is 6.07 Å². The van der Waals surface area contributed by atoms with Crippen molar-refractivity contribution in [3.8, 4) is 0 Å². The standard InChI is InChI=1S/C15H12Cl2FNO/c16-11-4-1-3-10(9-11)7-8-19-15(20)14-12(17)5-2-6-13(14)18/h1-6,9H,7-8H2,(H,19,20). The average Bonchev–Trinajstić information content (AvgIpc) is 2.38. The number of benzene rings is 2. The summed E-state index contributed by atoms with van der Waals surface area (Å²) >= 11 is 11.7. The molecule has 1 N–H and O–H groups in total. The van der Waals surface area contributed by atoms with Crippen LogP contribution in [0.5, 0.6) is 0 Å². The summed E-state index contributed by atoms with van der Waals surface area (Å²) in [5.41, 5.74) is 0.873. The van der Waals surface area contributed by atoms with Crippen molar-refractivity contribution >= 4 is 29.1 Å². The number of carbonyl (C=O) groups is 1. The Morgan fingerprint density at radius 1 is 1.15 bits per heavy atom. The Labute approximate surface area is 126 Å². The Bertz CT molecular complexity index is 611. The number of halogens is 3. The fraction of sp³-hybridized carbons (Fsp3) is 0.133. The largest absolute Gasteiger partial charge is 0.352 e. The quantitative estimate of drug-likeness (QED) is 0.904. The summed E-state index contributed by atoms with van der Waals surface area (Å²) in [6.45, 7) is 0.379. The third-order valence-electron chi connectivity index (χ3n) is 2.78. The van der Waals surface area contributed by atoms with E-state index < -0.39 is 11.7 Å². The van der Waals surface area contributed by atoms with E-state index in [-0.39, 0.29) is 10.6 Å². The first-order valence-electron chi connectivity index (χ1n) is 6.04. The Morgan fingerprint density at radius 3 is 2.60 bits per heavy atom. The highest BCUT2D eigenvalue weighted by Gasteiger charge is 2.14. The molecule has 20 heavy (non-hydrogen) atoms. The number of nitrogens with one attached hydrogen (secondary N) is 1. The van der Waals surface area contributed by atoms with Crippen molar-refractivity contribution in [1.82, 2.24) is 5.32 Å². The third-order valence-corrected chi connectivity index (χ3v) is 3.33. The van der Waals surface area contributed by atoms with Crippen molar-refractivity contribution in [1.29, 1.82) is 0 Å². The van der Waals surface area contributed by atoms with Gasteiger partial charge in [-0.1, -0.05) is 41.4 Å². The van der Waals surface area contributed by atoms with Gasteiger partial charge in [0.1, 0.15) is 5.82 Å². The minimum absolute atomic E-state index is 0.102. The van der Waals surface area contributed by atoms with Gasteiger partial charge in [0.05, 0.1) is 10.6 Å². The molecule has 0 aliphatic rings. The second-order valence-electron chi connectivity index (χ2n) is 4.23. The van der Waals surface area contributed by atoms with E-state index in [1.807, 2.05) is 18.2 Å². The molecule has 2 aromatic carbocycles. The fourth-order valence-electron chi connectivity index (χ4n) is 1.82. The zero-order valence-corrected chi connectivity index (χ0v) is 12.0. The van der Waals surface area contributed by atoms with Gasteiger partial charge in [-0.2, -0.15) is 0 Å². The van der Waals surface area contributed by atoms with Crippen molar-refractivity contribution in [2.45, 2.75) is 6.42 Å². The predicted molar refractivity (Wildman–Crippen MR) is 78.9 cm³/mol. The van der Waals surface area contributed by atoms with Gasteiger partial charge < -0.3 is 5.32 Å². The van der Waals surface area contributed by atoms with Crippen molar-refractivity contribution < 1.29 is 9.18 Å². The van der Waals surface area contributed by atoms with Crippen molar-refractivity contribution in [3.05, 3.63) is 69.5 Å². The van der Waals surface area contributed by atoms with Crippen LogP contribution < -0.4 is 5.32 Å². The van der Waals surface area contributed by atoms with Crippen molar-refractivity contribution in [2.24, 2.45) is 0 Å². The van der Waals surface area contributed by atoms with Crippen LogP contribution in [0.25, 0.3) is 0 Å². The lowest BCUT2D eigenvalue weighted by Crippen LogP contribution is -2.26. The average molecular weight is 312 g/mol. The van der Waals surface area contributed by atoms with E-state index in [9.17, 15) is 9.18 Å². The topological polar surface area (TPSA) is 29.1 Å². The van der Waals surface area contributed by atoms with E-state index >= 15 is 0 Å². The van der Waals surface area contributed by atoms with Crippen LogP contribution in [0.4, 0.5) is 4.39 Å². The maximum absolute atomic E-state index is 13.5. The minimum Gasteiger partial charge on any atom is -0.352 e. The molecule has 0 aromatic heterocycles. The molecule has 2 aromatic rings. The highest BCUT2D eigenvalue weighted by Crippen LogP contribution is 2.18. The Morgan fingerprint density at radius 2 is 1.90 bits per heavy atom. The lowest BCUT2D eigenvalue weighted by molar-refractivity contribution is 0.0950. The normalized spacial score (nSPS) is 10.3. The first-order chi connectivity index (χ1) is 9.58. The summed E-state index contributed by atoms with van der Waals surface area (Å²) in [6, 6.07) is 11.5. The Balaban J connectivity index is 1.96. The van der Waals surface area contributed by atoms with Crippen LogP contribution in [0, 0.1) is 5.82 Å². The van der Waals surface area contributed by atoms with E-state index in [2.05, 4.69) is 5.32 Å². The van der Waals surface area contributed by atoms with E-state index in [0.29, 0.717) is 18.0 Å².